The molecule has 0 saturated carbocycles. The van der Waals surface area contributed by atoms with Gasteiger partial charge in [-0.3, -0.25) is 0 Å². The number of aliphatic imine (C=N–C) groups is 1. The smallest absolute Gasteiger partial charge is 0.328 e. The summed E-state index contributed by atoms with van der Waals surface area (Å²) in [5.74, 6) is -2.87. The Labute approximate surface area is 224 Å². The number of amidine groups is 1. The average molecular weight is 548 g/mol. The van der Waals surface area contributed by atoms with Crippen LogP contribution in [-0.4, -0.2) is 64.5 Å². The highest BCUT2D eigenvalue weighted by molar-refractivity contribution is 8.13. The monoisotopic (exact) mass is 547 g/mol. The lowest BCUT2D eigenvalue weighted by Gasteiger charge is -2.33. The van der Waals surface area contributed by atoms with Crippen molar-refractivity contribution < 1.29 is 33.3 Å². The van der Waals surface area contributed by atoms with Gasteiger partial charge in [0.15, 0.2) is 16.8 Å². The van der Waals surface area contributed by atoms with Crippen LogP contribution in [-0.2, 0) is 15.3 Å². The minimum Gasteiger partial charge on any atom is -0.493 e. The van der Waals surface area contributed by atoms with Gasteiger partial charge in [0.1, 0.15) is 5.75 Å². The number of hydrogen-bond acceptors (Lipinski definition) is 7. The van der Waals surface area contributed by atoms with E-state index in [1.807, 2.05) is 6.07 Å². The predicted molar refractivity (Wildman–Crippen MR) is 143 cm³/mol. The summed E-state index contributed by atoms with van der Waals surface area (Å²) >= 11 is 1.79. The van der Waals surface area contributed by atoms with E-state index in [9.17, 15) is 18.4 Å². The van der Waals surface area contributed by atoms with Crippen LogP contribution in [0.2, 0.25) is 0 Å². The molecule has 0 aliphatic carbocycles. The summed E-state index contributed by atoms with van der Waals surface area (Å²) in [5.41, 5.74) is 2.39. The Kier molecular flexibility index (Phi) is 11.6. The Morgan fingerprint density at radius 1 is 1.05 bits per heavy atom. The van der Waals surface area contributed by atoms with Crippen molar-refractivity contribution in [2.45, 2.75) is 37.5 Å². The SMILES string of the molecule is Fc1ccc(OCCCCN2CCC(NC3=Nc4ccccc4CS3)CC2)cc1F.O=C(O)/C=C\C(=O)O. The molecule has 0 aromatic heterocycles. The lowest BCUT2D eigenvalue weighted by molar-refractivity contribution is -0.134. The maximum atomic E-state index is 13.2. The first-order valence-corrected chi connectivity index (χ1v) is 13.3. The van der Waals surface area contributed by atoms with Crippen molar-refractivity contribution in [3.05, 3.63) is 71.8 Å². The molecule has 2 aromatic carbocycles. The van der Waals surface area contributed by atoms with Crippen LogP contribution in [0.15, 0.2) is 59.6 Å². The van der Waals surface area contributed by atoms with Crippen molar-refractivity contribution in [3.8, 4) is 5.75 Å². The van der Waals surface area contributed by atoms with Crippen LogP contribution in [0.25, 0.3) is 0 Å². The molecule has 0 atom stereocenters. The van der Waals surface area contributed by atoms with Gasteiger partial charge in [-0.2, -0.15) is 0 Å². The summed E-state index contributed by atoms with van der Waals surface area (Å²) in [5, 5.41) is 20.3. The number of likely N-dealkylation sites (tertiary alicyclic amines) is 1. The van der Waals surface area contributed by atoms with Crippen LogP contribution in [0.4, 0.5) is 14.5 Å². The number of thioether (sulfide) groups is 1. The summed E-state index contributed by atoms with van der Waals surface area (Å²) in [6, 6.07) is 12.5. The second-order valence-electron chi connectivity index (χ2n) is 8.74. The number of nitrogens with one attached hydrogen (secondary N) is 1. The summed E-state index contributed by atoms with van der Waals surface area (Å²) in [6.07, 6.45) is 5.27. The molecule has 2 aliphatic heterocycles. The maximum Gasteiger partial charge on any atom is 0.328 e. The van der Waals surface area contributed by atoms with Crippen molar-refractivity contribution in [2.75, 3.05) is 26.2 Å². The molecular formula is C27H31F2N3O5S. The molecule has 0 spiro atoms. The fourth-order valence-corrected chi connectivity index (χ4v) is 4.87. The van der Waals surface area contributed by atoms with Crippen molar-refractivity contribution in [1.82, 2.24) is 10.2 Å². The summed E-state index contributed by atoms with van der Waals surface area (Å²) in [4.78, 5) is 26.4. The number of rotatable bonds is 9. The molecule has 0 amide bonds. The maximum absolute atomic E-state index is 13.2. The van der Waals surface area contributed by atoms with Crippen LogP contribution in [0.5, 0.6) is 5.75 Å². The highest BCUT2D eigenvalue weighted by Gasteiger charge is 2.21. The second kappa shape index (κ2) is 15.1. The number of carbonyl (C=O) groups is 2. The number of nitrogens with zero attached hydrogens (tertiary/aromatic N) is 2. The Hall–Kier alpha value is -3.44. The van der Waals surface area contributed by atoms with E-state index in [4.69, 9.17) is 19.9 Å². The Balaban J connectivity index is 0.000000436. The molecule has 3 N–H and O–H groups in total. The zero-order valence-electron chi connectivity index (χ0n) is 20.8. The van der Waals surface area contributed by atoms with E-state index in [0.717, 1.165) is 74.1 Å². The molecule has 2 aromatic rings. The van der Waals surface area contributed by atoms with Crippen LogP contribution in [0.1, 0.15) is 31.2 Å². The average Bonchev–Trinajstić information content (AvgIpc) is 2.90. The molecule has 204 valence electrons. The lowest BCUT2D eigenvalue weighted by Crippen LogP contribution is -2.44. The molecule has 0 unspecified atom stereocenters. The van der Waals surface area contributed by atoms with Crippen molar-refractivity contribution >= 4 is 34.6 Å². The van der Waals surface area contributed by atoms with E-state index in [0.29, 0.717) is 30.6 Å². The zero-order chi connectivity index (χ0) is 27.3. The summed E-state index contributed by atoms with van der Waals surface area (Å²) in [7, 11) is 0. The van der Waals surface area contributed by atoms with Gasteiger partial charge in [-0.15, -0.1) is 0 Å². The predicted octanol–water partition coefficient (Wildman–Crippen LogP) is 4.82. The number of carboxylic acid groups (broad SMARTS) is 2. The van der Waals surface area contributed by atoms with Crippen LogP contribution in [0, 0.1) is 11.6 Å². The van der Waals surface area contributed by atoms with Crippen molar-refractivity contribution in [2.24, 2.45) is 4.99 Å². The minimum absolute atomic E-state index is 0.381. The molecule has 2 aliphatic rings. The number of fused-ring (bicyclic) bond motifs is 1. The summed E-state index contributed by atoms with van der Waals surface area (Å²) in [6.45, 7) is 3.71. The number of hydrogen-bond donors (Lipinski definition) is 3. The van der Waals surface area contributed by atoms with Crippen LogP contribution < -0.4 is 10.1 Å². The Morgan fingerprint density at radius 3 is 2.45 bits per heavy atom. The first kappa shape index (κ1) is 29.1. The van der Waals surface area contributed by atoms with E-state index in [1.54, 1.807) is 11.8 Å². The first-order valence-electron chi connectivity index (χ1n) is 12.3. The number of halogens is 2. The van der Waals surface area contributed by atoms with E-state index in [2.05, 4.69) is 28.4 Å². The van der Waals surface area contributed by atoms with Gasteiger partial charge in [0.2, 0.25) is 0 Å². The number of piperidine rings is 1. The van der Waals surface area contributed by atoms with Crippen LogP contribution in [0.3, 0.4) is 0 Å². The number of para-hydroxylation sites is 1. The van der Waals surface area contributed by atoms with Crippen molar-refractivity contribution in [3.63, 3.8) is 0 Å². The number of unbranched alkanes of at least 4 members (excludes halogenated alkanes) is 1. The molecule has 4 rings (SSSR count). The third kappa shape index (κ3) is 10.1. The molecular weight excluding hydrogens is 516 g/mol. The lowest BCUT2D eigenvalue weighted by atomic mass is 10.1. The van der Waals surface area contributed by atoms with Gasteiger partial charge >= 0.3 is 11.9 Å². The second-order valence-corrected chi connectivity index (χ2v) is 9.70. The van der Waals surface area contributed by atoms with Crippen molar-refractivity contribution in [1.29, 1.82) is 0 Å². The molecule has 11 heteroatoms. The first-order chi connectivity index (χ1) is 18.3. The number of ether oxygens (including phenoxy) is 1. The highest BCUT2D eigenvalue weighted by atomic mass is 32.2. The molecule has 38 heavy (non-hydrogen) atoms. The summed E-state index contributed by atoms with van der Waals surface area (Å²) < 4.78 is 31.6. The van der Waals surface area contributed by atoms with Gasteiger partial charge in [0, 0.05) is 43.1 Å². The van der Waals surface area contributed by atoms with Gasteiger partial charge in [0.25, 0.3) is 0 Å². The Bertz CT molecular complexity index is 1140. The molecule has 8 nitrogen and oxygen atoms in total. The number of aliphatic carboxylic acids is 2. The largest absolute Gasteiger partial charge is 0.493 e. The molecule has 1 saturated heterocycles. The molecule has 1 fully saturated rings. The quantitative estimate of drug-likeness (QED) is 0.303. The molecule has 2 heterocycles. The fourth-order valence-electron chi connectivity index (χ4n) is 3.92. The third-order valence-electron chi connectivity index (χ3n) is 5.89. The van der Waals surface area contributed by atoms with Crippen LogP contribution >= 0.6 is 11.8 Å². The van der Waals surface area contributed by atoms with E-state index in [1.165, 1.54) is 11.6 Å². The number of benzene rings is 2. The standard InChI is InChI=1S/C23H27F2N3OS.C4H4O4/c24-20-8-7-19(15-21(20)25)29-14-4-3-11-28-12-9-18(10-13-28)26-23-27-22-6-2-1-5-17(22)16-30-23;5-3(6)1-2-4(7)8/h1-2,5-8,15,18H,3-4,9-14,16H2,(H,26,27);1-2H,(H,5,6)(H,7,8)/b;2-1-. The van der Waals surface area contributed by atoms with E-state index in [-0.39, 0.29) is 0 Å². The van der Waals surface area contributed by atoms with Gasteiger partial charge in [-0.05, 0) is 56.0 Å². The third-order valence-corrected chi connectivity index (χ3v) is 6.83. The van der Waals surface area contributed by atoms with Gasteiger partial charge in [-0.1, -0.05) is 30.0 Å². The zero-order valence-corrected chi connectivity index (χ0v) is 21.6. The van der Waals surface area contributed by atoms with E-state index < -0.39 is 23.6 Å². The fraction of sp³-hybridized carbons (Fsp3) is 0.370. The topological polar surface area (TPSA) is 111 Å². The van der Waals surface area contributed by atoms with E-state index >= 15 is 0 Å². The Morgan fingerprint density at radius 2 is 1.76 bits per heavy atom. The molecule has 0 bridgehead atoms. The normalized spacial score (nSPS) is 15.7. The molecule has 0 radical (unpaired) electrons. The van der Waals surface area contributed by atoms with Gasteiger partial charge in [0.05, 0.1) is 12.3 Å². The van der Waals surface area contributed by atoms with Gasteiger partial charge in [-0.25, -0.2) is 23.4 Å². The minimum atomic E-state index is -1.26. The van der Waals surface area contributed by atoms with Gasteiger partial charge < -0.3 is 25.2 Å². The highest BCUT2D eigenvalue weighted by Crippen LogP contribution is 2.30. The number of carboxylic acids is 2.